The number of ether oxygens (including phenoxy) is 2. The minimum Gasteiger partial charge on any atom is -0.462 e. The van der Waals surface area contributed by atoms with Crippen molar-refractivity contribution in [1.29, 1.82) is 0 Å². The zero-order chi connectivity index (χ0) is 27.9. The van der Waals surface area contributed by atoms with Crippen molar-refractivity contribution >= 4 is 11.9 Å². The lowest BCUT2D eigenvalue weighted by Crippen LogP contribution is -2.28. The van der Waals surface area contributed by atoms with E-state index in [9.17, 15) is 14.7 Å². The molecule has 222 valence electrons. The fourth-order valence-electron chi connectivity index (χ4n) is 4.23. The molecule has 0 spiro atoms. The minimum absolute atomic E-state index is 0.0719. The van der Waals surface area contributed by atoms with Gasteiger partial charge in [-0.25, -0.2) is 0 Å². The molecule has 0 bridgehead atoms. The van der Waals surface area contributed by atoms with Crippen LogP contribution in [0, 0.1) is 0 Å². The number of hydrogen-bond acceptors (Lipinski definition) is 5. The minimum atomic E-state index is -0.773. The van der Waals surface area contributed by atoms with Gasteiger partial charge < -0.3 is 14.6 Å². The summed E-state index contributed by atoms with van der Waals surface area (Å²) >= 11 is 0. The Balaban J connectivity index is 3.62. The quantitative estimate of drug-likeness (QED) is 0.0613. The molecular weight excluding hydrogens is 476 g/mol. The lowest BCUT2D eigenvalue weighted by molar-refractivity contribution is -0.161. The maximum absolute atomic E-state index is 12.1. The van der Waals surface area contributed by atoms with Gasteiger partial charge in [-0.15, -0.1) is 0 Å². The summed E-state index contributed by atoms with van der Waals surface area (Å²) in [5.41, 5.74) is 0. The largest absolute Gasteiger partial charge is 0.462 e. The van der Waals surface area contributed by atoms with E-state index >= 15 is 0 Å². The predicted octanol–water partition coefficient (Wildman–Crippen LogP) is 9.17. The van der Waals surface area contributed by atoms with Gasteiger partial charge in [0.25, 0.3) is 0 Å². The number of aliphatic hydroxyl groups is 1. The lowest BCUT2D eigenvalue weighted by atomic mass is 10.1. The van der Waals surface area contributed by atoms with Gasteiger partial charge in [0.1, 0.15) is 6.61 Å². The van der Waals surface area contributed by atoms with Crippen molar-refractivity contribution in [2.24, 2.45) is 0 Å². The maximum Gasteiger partial charge on any atom is 0.306 e. The first-order valence-corrected chi connectivity index (χ1v) is 15.9. The predicted molar refractivity (Wildman–Crippen MR) is 159 cm³/mol. The van der Waals surface area contributed by atoms with Crippen LogP contribution >= 0.6 is 0 Å². The van der Waals surface area contributed by atoms with Gasteiger partial charge in [-0.2, -0.15) is 0 Å². The molecule has 5 nitrogen and oxygen atoms in total. The Hall–Kier alpha value is -1.62. The second-order valence-corrected chi connectivity index (χ2v) is 10.5. The van der Waals surface area contributed by atoms with Gasteiger partial charge in [0.15, 0.2) is 6.10 Å². The number of hydrogen-bond donors (Lipinski definition) is 1. The van der Waals surface area contributed by atoms with Gasteiger partial charge >= 0.3 is 11.9 Å². The molecule has 38 heavy (non-hydrogen) atoms. The van der Waals surface area contributed by atoms with Crippen LogP contribution in [-0.4, -0.2) is 36.4 Å². The molecule has 0 saturated heterocycles. The van der Waals surface area contributed by atoms with E-state index in [0.29, 0.717) is 12.8 Å². The van der Waals surface area contributed by atoms with E-state index < -0.39 is 6.10 Å². The van der Waals surface area contributed by atoms with Gasteiger partial charge in [0.05, 0.1) is 6.61 Å². The molecule has 0 aromatic heterocycles. The molecule has 1 N–H and O–H groups in total. The molecular formula is C33H60O5. The number of esters is 2. The summed E-state index contributed by atoms with van der Waals surface area (Å²) in [4.78, 5) is 24.0. The second kappa shape index (κ2) is 29.9. The average Bonchev–Trinajstić information content (AvgIpc) is 2.92. The van der Waals surface area contributed by atoms with Crippen LogP contribution in [0.5, 0.6) is 0 Å². The molecule has 0 amide bonds. The zero-order valence-corrected chi connectivity index (χ0v) is 24.9. The molecule has 0 aromatic carbocycles. The summed E-state index contributed by atoms with van der Waals surface area (Å²) in [6.45, 7) is 4.04. The Kier molecular flexibility index (Phi) is 28.7. The fraction of sp³-hybridized carbons (Fsp3) is 0.818. The summed E-state index contributed by atoms with van der Waals surface area (Å²) in [5, 5.41) is 9.47. The van der Waals surface area contributed by atoms with E-state index in [-0.39, 0.29) is 25.2 Å². The maximum atomic E-state index is 12.1. The van der Waals surface area contributed by atoms with Crippen molar-refractivity contribution < 1.29 is 24.2 Å². The van der Waals surface area contributed by atoms with Crippen molar-refractivity contribution in [2.45, 2.75) is 161 Å². The Morgan fingerprint density at radius 2 is 1.00 bits per heavy atom. The molecule has 0 radical (unpaired) electrons. The van der Waals surface area contributed by atoms with E-state index in [0.717, 1.165) is 51.4 Å². The van der Waals surface area contributed by atoms with E-state index in [1.165, 1.54) is 77.0 Å². The van der Waals surface area contributed by atoms with Gasteiger partial charge in [-0.05, 0) is 57.8 Å². The van der Waals surface area contributed by atoms with Crippen LogP contribution in [0.3, 0.4) is 0 Å². The van der Waals surface area contributed by atoms with Gasteiger partial charge in [-0.3, -0.25) is 9.59 Å². The third kappa shape index (κ3) is 27.4. The summed E-state index contributed by atoms with van der Waals surface area (Å²) in [6.07, 6.45) is 32.2. The fourth-order valence-corrected chi connectivity index (χ4v) is 4.23. The molecule has 0 aliphatic rings. The highest BCUT2D eigenvalue weighted by molar-refractivity contribution is 5.70. The third-order valence-electron chi connectivity index (χ3n) is 6.72. The van der Waals surface area contributed by atoms with Crippen molar-refractivity contribution in [3.63, 3.8) is 0 Å². The first kappa shape index (κ1) is 36.4. The van der Waals surface area contributed by atoms with Gasteiger partial charge in [-0.1, -0.05) is 109 Å². The van der Waals surface area contributed by atoms with Crippen molar-refractivity contribution in [3.05, 3.63) is 24.3 Å². The molecule has 0 aromatic rings. The Morgan fingerprint density at radius 1 is 0.579 bits per heavy atom. The number of unbranched alkanes of at least 4 members (excludes halogenated alkanes) is 16. The molecule has 0 saturated carbocycles. The van der Waals surface area contributed by atoms with E-state index in [4.69, 9.17) is 9.47 Å². The second-order valence-electron chi connectivity index (χ2n) is 10.5. The van der Waals surface area contributed by atoms with Crippen LogP contribution in [0.15, 0.2) is 24.3 Å². The third-order valence-corrected chi connectivity index (χ3v) is 6.72. The van der Waals surface area contributed by atoms with Crippen molar-refractivity contribution in [2.75, 3.05) is 13.2 Å². The molecule has 0 rings (SSSR count). The van der Waals surface area contributed by atoms with Crippen LogP contribution in [0.2, 0.25) is 0 Å². The smallest absolute Gasteiger partial charge is 0.306 e. The van der Waals surface area contributed by atoms with Crippen molar-refractivity contribution in [1.82, 2.24) is 0 Å². The number of carbonyl (C=O) groups is 2. The Bertz CT molecular complexity index is 584. The Morgan fingerprint density at radius 3 is 1.50 bits per heavy atom. The lowest BCUT2D eigenvalue weighted by Gasteiger charge is -2.15. The van der Waals surface area contributed by atoms with Crippen LogP contribution < -0.4 is 0 Å². The zero-order valence-electron chi connectivity index (χ0n) is 24.9. The normalized spacial score (nSPS) is 12.4. The van der Waals surface area contributed by atoms with E-state index in [1.807, 2.05) is 0 Å². The standard InChI is InChI=1S/C33H60O5/c1-3-5-7-9-11-13-15-16-18-20-22-24-26-28-33(36)38-31(29-34)30-37-32(35)27-25-23-21-19-17-14-12-10-8-6-4-2/h10,12-13,15,31,34H,3-9,11,14,16-30H2,1-2H3. The Labute approximate surface area is 234 Å². The molecule has 0 fully saturated rings. The summed E-state index contributed by atoms with van der Waals surface area (Å²) in [5.74, 6) is -0.615. The molecule has 0 aliphatic carbocycles. The monoisotopic (exact) mass is 536 g/mol. The molecule has 0 aliphatic heterocycles. The van der Waals surface area contributed by atoms with E-state index in [1.54, 1.807) is 0 Å². The highest BCUT2D eigenvalue weighted by atomic mass is 16.6. The number of carbonyl (C=O) groups excluding carboxylic acids is 2. The van der Waals surface area contributed by atoms with Crippen molar-refractivity contribution in [3.8, 4) is 0 Å². The molecule has 1 atom stereocenters. The highest BCUT2D eigenvalue weighted by Crippen LogP contribution is 2.11. The number of rotatable bonds is 28. The summed E-state index contributed by atoms with van der Waals surface area (Å²) in [6, 6.07) is 0. The van der Waals surface area contributed by atoms with Crippen LogP contribution in [0.25, 0.3) is 0 Å². The van der Waals surface area contributed by atoms with Gasteiger partial charge in [0.2, 0.25) is 0 Å². The first-order chi connectivity index (χ1) is 18.6. The molecule has 1 unspecified atom stereocenters. The molecule has 5 heteroatoms. The summed E-state index contributed by atoms with van der Waals surface area (Å²) in [7, 11) is 0. The van der Waals surface area contributed by atoms with Crippen LogP contribution in [0.4, 0.5) is 0 Å². The summed E-state index contributed by atoms with van der Waals surface area (Å²) < 4.78 is 10.5. The number of aliphatic hydroxyl groups excluding tert-OH is 1. The highest BCUT2D eigenvalue weighted by Gasteiger charge is 2.16. The average molecular weight is 537 g/mol. The van der Waals surface area contributed by atoms with E-state index in [2.05, 4.69) is 38.2 Å². The topological polar surface area (TPSA) is 72.8 Å². The van der Waals surface area contributed by atoms with Crippen LogP contribution in [0.1, 0.15) is 155 Å². The van der Waals surface area contributed by atoms with Crippen LogP contribution in [-0.2, 0) is 19.1 Å². The van der Waals surface area contributed by atoms with Gasteiger partial charge in [0, 0.05) is 12.8 Å². The first-order valence-electron chi connectivity index (χ1n) is 15.9. The SMILES string of the molecule is CCCCC=CCCCCCCCC(=O)OCC(CO)OC(=O)CCCCCCCC=CCCCCCC. The molecule has 0 heterocycles. The number of allylic oxidation sites excluding steroid dienone is 4.